The highest BCUT2D eigenvalue weighted by Crippen LogP contribution is 2.05. The second-order valence-corrected chi connectivity index (χ2v) is 1.52. The van der Waals surface area contributed by atoms with Crippen LogP contribution in [0.3, 0.4) is 0 Å². The summed E-state index contributed by atoms with van der Waals surface area (Å²) in [5.74, 6) is -0.354. The predicted octanol–water partition coefficient (Wildman–Crippen LogP) is 1.41. The number of anilines is 1. The van der Waals surface area contributed by atoms with Gasteiger partial charge in [-0.15, -0.1) is 0 Å². The van der Waals surface area contributed by atoms with E-state index in [1.165, 1.54) is 12.1 Å². The third-order valence-corrected chi connectivity index (χ3v) is 0.905. The summed E-state index contributed by atoms with van der Waals surface area (Å²) >= 11 is 0. The molecule has 0 aromatic heterocycles. The Bertz CT molecular complexity index is 165. The van der Waals surface area contributed by atoms with Crippen LogP contribution in [0.2, 0.25) is 0 Å². The van der Waals surface area contributed by atoms with Gasteiger partial charge in [-0.05, 0) is 12.1 Å². The summed E-state index contributed by atoms with van der Waals surface area (Å²) in [5.41, 5.74) is 5.35. The van der Waals surface area contributed by atoms with Crippen LogP contribution in [0.15, 0.2) is 24.3 Å². The minimum atomic E-state index is -0.354. The van der Waals surface area contributed by atoms with Crippen molar-refractivity contribution in [3.05, 3.63) is 30.1 Å². The van der Waals surface area contributed by atoms with Crippen molar-refractivity contribution in [2.24, 2.45) is 0 Å². The highest BCUT2D eigenvalue weighted by atomic mass is 18.2. The van der Waals surface area contributed by atoms with E-state index in [0.717, 1.165) is 0 Å². The molecule has 1 aromatic rings. The summed E-state index contributed by atoms with van der Waals surface area (Å²) in [7, 11) is 0. The molecule has 0 amide bonds. The Balaban J connectivity index is 3.13. The summed E-state index contributed by atoms with van der Waals surface area (Å²) in [5, 5.41) is 0. The summed E-state index contributed by atoms with van der Waals surface area (Å²) in [6.45, 7) is 0. The molecule has 0 saturated heterocycles. The third-order valence-electron chi connectivity index (χ3n) is 0.905. The Hall–Kier alpha value is -1.05. The lowest BCUT2D eigenvalue weighted by Gasteiger charge is -1.89. The normalized spacial score (nSPS) is 9.12. The molecule has 2 heteroatoms. The van der Waals surface area contributed by atoms with Gasteiger partial charge in [-0.1, -0.05) is 12.1 Å². The fourth-order valence-electron chi connectivity index (χ4n) is 0.475. The molecule has 2 N–H and O–H groups in total. The lowest BCUT2D eigenvalue weighted by atomic mass is 10.3. The monoisotopic (exact) mass is 110 g/mol. The lowest BCUT2D eigenvalue weighted by Crippen LogP contribution is -1.86. The summed E-state index contributed by atoms with van der Waals surface area (Å²) in [6, 6.07) is 6.15. The molecule has 0 atom stereocenters. The van der Waals surface area contributed by atoms with Gasteiger partial charge in [-0.2, -0.15) is 0 Å². The van der Waals surface area contributed by atoms with Crippen LogP contribution in [0.5, 0.6) is 0 Å². The standard InChI is InChI=1S/C6H6FN/c7-5-3-1-2-4-6(5)8/h1-4H,8H2/i7-1. The van der Waals surface area contributed by atoms with Gasteiger partial charge in [0.1, 0.15) is 5.82 Å². The summed E-state index contributed by atoms with van der Waals surface area (Å²) < 4.78 is 12.2. The van der Waals surface area contributed by atoms with Gasteiger partial charge >= 0.3 is 0 Å². The van der Waals surface area contributed by atoms with Crippen LogP contribution in [0.4, 0.5) is 10.1 Å². The molecule has 0 aliphatic heterocycles. The Morgan fingerprint density at radius 2 is 1.88 bits per heavy atom. The maximum absolute atomic E-state index is 12.2. The fourth-order valence-corrected chi connectivity index (χ4v) is 0.475. The zero-order valence-corrected chi connectivity index (χ0v) is 4.26. The minimum Gasteiger partial charge on any atom is -0.396 e. The molecule has 0 fully saturated rings. The first kappa shape index (κ1) is 5.09. The van der Waals surface area contributed by atoms with E-state index in [0.29, 0.717) is 0 Å². The van der Waals surface area contributed by atoms with Crippen LogP contribution in [0.25, 0.3) is 0 Å². The lowest BCUT2D eigenvalue weighted by molar-refractivity contribution is 0.632. The first-order valence-corrected chi connectivity index (χ1v) is 2.31. The van der Waals surface area contributed by atoms with Crippen LogP contribution in [0.1, 0.15) is 0 Å². The average Bonchev–Trinajstić information content (AvgIpc) is 1.77. The Morgan fingerprint density at radius 1 is 1.25 bits per heavy atom. The molecule has 0 saturated carbocycles. The van der Waals surface area contributed by atoms with Crippen molar-refractivity contribution in [2.45, 2.75) is 0 Å². The number of nitrogen functional groups attached to an aromatic ring is 1. The van der Waals surface area contributed by atoms with Gasteiger partial charge in [0.2, 0.25) is 0 Å². The van der Waals surface area contributed by atoms with Gasteiger partial charge in [0, 0.05) is 0 Å². The molecule has 1 nitrogen and oxygen atoms in total. The minimum absolute atomic E-state index is 0.201. The van der Waals surface area contributed by atoms with Crippen molar-refractivity contribution in [1.29, 1.82) is 0 Å². The molecule has 0 spiro atoms. The van der Waals surface area contributed by atoms with E-state index in [9.17, 15) is 4.39 Å². The molecule has 0 aliphatic rings. The van der Waals surface area contributed by atoms with Crippen LogP contribution in [-0.2, 0) is 0 Å². The quantitative estimate of drug-likeness (QED) is 0.502. The molecule has 0 unspecified atom stereocenters. The van der Waals surface area contributed by atoms with Gasteiger partial charge in [-0.25, -0.2) is 4.39 Å². The Labute approximate surface area is 46.9 Å². The molecular formula is C6H6FN. The van der Waals surface area contributed by atoms with Crippen LogP contribution in [0, 0.1) is 5.82 Å². The van der Waals surface area contributed by atoms with Crippen molar-refractivity contribution in [3.8, 4) is 0 Å². The van der Waals surface area contributed by atoms with E-state index < -0.39 is 0 Å². The van der Waals surface area contributed by atoms with Crippen molar-refractivity contribution in [2.75, 3.05) is 5.73 Å². The van der Waals surface area contributed by atoms with Crippen molar-refractivity contribution >= 4 is 5.69 Å². The molecule has 1 aromatic carbocycles. The molecule has 0 aliphatic carbocycles. The van der Waals surface area contributed by atoms with E-state index in [1.54, 1.807) is 12.1 Å². The number of benzene rings is 1. The molecule has 0 bridgehead atoms. The van der Waals surface area contributed by atoms with Gasteiger partial charge in [0.15, 0.2) is 0 Å². The first-order valence-electron chi connectivity index (χ1n) is 2.31. The Kier molecular flexibility index (Phi) is 1.16. The van der Waals surface area contributed by atoms with Crippen LogP contribution < -0.4 is 5.73 Å². The molecule has 1 rings (SSSR count). The van der Waals surface area contributed by atoms with Gasteiger partial charge < -0.3 is 5.73 Å². The van der Waals surface area contributed by atoms with Gasteiger partial charge in [0.25, 0.3) is 0 Å². The summed E-state index contributed by atoms with van der Waals surface area (Å²) in [6.07, 6.45) is 0. The fraction of sp³-hybridized carbons (Fsp3) is 0. The maximum Gasteiger partial charge on any atom is 0.146 e. The van der Waals surface area contributed by atoms with Crippen molar-refractivity contribution in [3.63, 3.8) is 0 Å². The molecule has 0 radical (unpaired) electrons. The van der Waals surface area contributed by atoms with Gasteiger partial charge in [0.05, 0.1) is 5.69 Å². The molecule has 8 heavy (non-hydrogen) atoms. The zero-order chi connectivity index (χ0) is 5.98. The predicted molar refractivity (Wildman–Crippen MR) is 30.8 cm³/mol. The summed E-state index contributed by atoms with van der Waals surface area (Å²) in [4.78, 5) is 0. The second kappa shape index (κ2) is 1.82. The third kappa shape index (κ3) is 0.780. The van der Waals surface area contributed by atoms with E-state index in [1.807, 2.05) is 0 Å². The Morgan fingerprint density at radius 3 is 2.25 bits per heavy atom. The first-order chi connectivity index (χ1) is 3.80. The molecule has 42 valence electrons. The van der Waals surface area contributed by atoms with E-state index in [2.05, 4.69) is 0 Å². The number of nitrogens with two attached hydrogens (primary N) is 1. The van der Waals surface area contributed by atoms with Crippen LogP contribution in [-0.4, -0.2) is 0 Å². The van der Waals surface area contributed by atoms with Gasteiger partial charge in [-0.3, -0.25) is 0 Å². The topological polar surface area (TPSA) is 26.0 Å². The van der Waals surface area contributed by atoms with Crippen LogP contribution >= 0.6 is 0 Å². The SMILES string of the molecule is Nc1ccccc1[18F]. The molecule has 0 heterocycles. The molecular weight excluding hydrogens is 104 g/mol. The highest BCUT2D eigenvalue weighted by Gasteiger charge is 1.89. The number of hydrogen-bond donors (Lipinski definition) is 1. The smallest absolute Gasteiger partial charge is 0.146 e. The number of para-hydroxylation sites is 1. The number of halogens is 1. The highest BCUT2D eigenvalue weighted by molar-refractivity contribution is 5.38. The zero-order valence-electron chi connectivity index (χ0n) is 4.26. The van der Waals surface area contributed by atoms with Crippen molar-refractivity contribution < 1.29 is 4.39 Å². The second-order valence-electron chi connectivity index (χ2n) is 1.52. The van der Waals surface area contributed by atoms with E-state index >= 15 is 0 Å². The van der Waals surface area contributed by atoms with E-state index in [4.69, 9.17) is 5.73 Å². The van der Waals surface area contributed by atoms with E-state index in [-0.39, 0.29) is 11.5 Å². The van der Waals surface area contributed by atoms with Crippen molar-refractivity contribution in [1.82, 2.24) is 0 Å². The average molecular weight is 110 g/mol. The number of rotatable bonds is 0. The largest absolute Gasteiger partial charge is 0.396 e. The maximum atomic E-state index is 12.2. The number of hydrogen-bond acceptors (Lipinski definition) is 1.